The van der Waals surface area contributed by atoms with Gasteiger partial charge in [0.2, 0.25) is 0 Å². The number of hydrogen-bond donors (Lipinski definition) is 1. The fourth-order valence-corrected chi connectivity index (χ4v) is 2.53. The van der Waals surface area contributed by atoms with E-state index in [1.54, 1.807) is 0 Å². The van der Waals surface area contributed by atoms with Crippen LogP contribution in [0.3, 0.4) is 0 Å². The van der Waals surface area contributed by atoms with E-state index in [4.69, 9.17) is 0 Å². The highest BCUT2D eigenvalue weighted by Crippen LogP contribution is 2.16. The summed E-state index contributed by atoms with van der Waals surface area (Å²) in [7, 11) is 2.02. The maximum atomic E-state index is 10.2. The van der Waals surface area contributed by atoms with Crippen LogP contribution in [0.2, 0.25) is 0 Å². The van der Waals surface area contributed by atoms with Crippen LogP contribution < -0.4 is 0 Å². The Hall–Kier alpha value is -1.16. The molecule has 0 spiro atoms. The molecule has 0 aliphatic carbocycles. The molecule has 0 saturated carbocycles. The van der Waals surface area contributed by atoms with Crippen LogP contribution in [0, 0.1) is 0 Å². The minimum absolute atomic E-state index is 0.446. The van der Waals surface area contributed by atoms with Gasteiger partial charge in [-0.3, -0.25) is 4.90 Å². The van der Waals surface area contributed by atoms with Crippen LogP contribution in [0.5, 0.6) is 0 Å². The summed E-state index contributed by atoms with van der Waals surface area (Å²) in [4.78, 5) is 2.12. The highest BCUT2D eigenvalue weighted by atomic mass is 79.9. The van der Waals surface area contributed by atoms with Crippen molar-refractivity contribution in [3.8, 4) is 0 Å². The standard InChI is InChI=1S/C16H18BrNO/c1-18(11-13-6-5-9-15(17)10-13)12-16(19)14-7-3-2-4-8-14/h2-10,16,19H,11-12H2,1H3. The molecule has 2 rings (SSSR count). The molecule has 1 atom stereocenters. The predicted molar refractivity (Wildman–Crippen MR) is 81.9 cm³/mol. The van der Waals surface area contributed by atoms with Crippen molar-refractivity contribution in [2.75, 3.05) is 13.6 Å². The average molecular weight is 320 g/mol. The number of halogens is 1. The summed E-state index contributed by atoms with van der Waals surface area (Å²) in [6.45, 7) is 1.44. The molecule has 0 radical (unpaired) electrons. The van der Waals surface area contributed by atoms with E-state index in [-0.39, 0.29) is 0 Å². The van der Waals surface area contributed by atoms with E-state index in [0.29, 0.717) is 6.54 Å². The third-order valence-corrected chi connectivity index (χ3v) is 3.50. The average Bonchev–Trinajstić information content (AvgIpc) is 2.39. The molecule has 2 nitrogen and oxygen atoms in total. The van der Waals surface area contributed by atoms with Crippen molar-refractivity contribution in [2.24, 2.45) is 0 Å². The zero-order valence-electron chi connectivity index (χ0n) is 11.0. The molecule has 3 heteroatoms. The zero-order chi connectivity index (χ0) is 13.7. The number of nitrogens with zero attached hydrogens (tertiary/aromatic N) is 1. The second kappa shape index (κ2) is 6.85. The molecule has 0 fully saturated rings. The first-order valence-electron chi connectivity index (χ1n) is 6.31. The summed E-state index contributed by atoms with van der Waals surface area (Å²) in [6.07, 6.45) is -0.446. The molecule has 1 N–H and O–H groups in total. The first-order valence-corrected chi connectivity index (χ1v) is 7.10. The van der Waals surface area contributed by atoms with Crippen molar-refractivity contribution >= 4 is 15.9 Å². The molecule has 2 aromatic rings. The Balaban J connectivity index is 1.92. The van der Waals surface area contributed by atoms with E-state index < -0.39 is 6.10 Å². The SMILES string of the molecule is CN(Cc1cccc(Br)c1)CC(O)c1ccccc1. The molecular formula is C16H18BrNO. The topological polar surface area (TPSA) is 23.5 Å². The Bertz CT molecular complexity index is 515. The predicted octanol–water partition coefficient (Wildman–Crippen LogP) is 3.61. The number of aliphatic hydroxyl groups is 1. The second-order valence-electron chi connectivity index (χ2n) is 4.75. The van der Waals surface area contributed by atoms with Gasteiger partial charge in [-0.1, -0.05) is 58.4 Å². The summed E-state index contributed by atoms with van der Waals surface area (Å²) in [5.74, 6) is 0. The highest BCUT2D eigenvalue weighted by molar-refractivity contribution is 9.10. The van der Waals surface area contributed by atoms with Gasteiger partial charge in [-0.05, 0) is 30.3 Å². The first-order chi connectivity index (χ1) is 9.15. The molecular weight excluding hydrogens is 302 g/mol. The zero-order valence-corrected chi connectivity index (χ0v) is 12.5. The van der Waals surface area contributed by atoms with Crippen molar-refractivity contribution in [3.63, 3.8) is 0 Å². The summed E-state index contributed by atoms with van der Waals surface area (Å²) in [5.41, 5.74) is 2.20. The maximum absolute atomic E-state index is 10.2. The third kappa shape index (κ3) is 4.46. The lowest BCUT2D eigenvalue weighted by atomic mass is 10.1. The second-order valence-corrected chi connectivity index (χ2v) is 5.67. The fourth-order valence-electron chi connectivity index (χ4n) is 2.09. The maximum Gasteiger partial charge on any atom is 0.0916 e. The Morgan fingerprint density at radius 1 is 1.11 bits per heavy atom. The van der Waals surface area contributed by atoms with Gasteiger partial charge < -0.3 is 5.11 Å². The van der Waals surface area contributed by atoms with Crippen molar-refractivity contribution in [1.82, 2.24) is 4.90 Å². The largest absolute Gasteiger partial charge is 0.387 e. The van der Waals surface area contributed by atoms with Crippen molar-refractivity contribution in [2.45, 2.75) is 12.6 Å². The van der Waals surface area contributed by atoms with E-state index in [9.17, 15) is 5.11 Å². The molecule has 0 aliphatic rings. The summed E-state index contributed by atoms with van der Waals surface area (Å²) < 4.78 is 1.09. The lowest BCUT2D eigenvalue weighted by Crippen LogP contribution is -2.24. The van der Waals surface area contributed by atoms with Crippen molar-refractivity contribution in [3.05, 3.63) is 70.2 Å². The molecule has 2 aromatic carbocycles. The van der Waals surface area contributed by atoms with Gasteiger partial charge in [-0.2, -0.15) is 0 Å². The van der Waals surface area contributed by atoms with Gasteiger partial charge in [-0.25, -0.2) is 0 Å². The van der Waals surface area contributed by atoms with E-state index in [1.807, 2.05) is 49.5 Å². The molecule has 19 heavy (non-hydrogen) atoms. The molecule has 100 valence electrons. The number of hydrogen-bond acceptors (Lipinski definition) is 2. The lowest BCUT2D eigenvalue weighted by Gasteiger charge is -2.21. The third-order valence-electron chi connectivity index (χ3n) is 3.01. The van der Waals surface area contributed by atoms with Crippen LogP contribution in [0.25, 0.3) is 0 Å². The summed E-state index contributed by atoms with van der Waals surface area (Å²) >= 11 is 3.47. The smallest absolute Gasteiger partial charge is 0.0916 e. The molecule has 0 saturated heterocycles. The Labute approximate surface area is 122 Å². The lowest BCUT2D eigenvalue weighted by molar-refractivity contribution is 0.124. The van der Waals surface area contributed by atoms with Gasteiger partial charge >= 0.3 is 0 Å². The van der Waals surface area contributed by atoms with Gasteiger partial charge in [0.05, 0.1) is 6.10 Å². The van der Waals surface area contributed by atoms with Gasteiger partial charge in [0, 0.05) is 17.6 Å². The van der Waals surface area contributed by atoms with Crippen LogP contribution in [0.1, 0.15) is 17.2 Å². The number of likely N-dealkylation sites (N-methyl/N-ethyl adjacent to an activating group) is 1. The van der Waals surface area contributed by atoms with Crippen LogP contribution >= 0.6 is 15.9 Å². The molecule has 1 unspecified atom stereocenters. The monoisotopic (exact) mass is 319 g/mol. The van der Waals surface area contributed by atoms with Gasteiger partial charge in [-0.15, -0.1) is 0 Å². The summed E-state index contributed by atoms with van der Waals surface area (Å²) in [5, 5.41) is 10.2. The Morgan fingerprint density at radius 2 is 1.84 bits per heavy atom. The highest BCUT2D eigenvalue weighted by Gasteiger charge is 2.10. The van der Waals surface area contributed by atoms with Crippen LogP contribution in [-0.2, 0) is 6.54 Å². The Morgan fingerprint density at radius 3 is 2.53 bits per heavy atom. The number of aliphatic hydroxyl groups excluding tert-OH is 1. The van der Waals surface area contributed by atoms with E-state index in [0.717, 1.165) is 16.6 Å². The van der Waals surface area contributed by atoms with Crippen LogP contribution in [0.15, 0.2) is 59.1 Å². The first kappa shape index (κ1) is 14.3. The fraction of sp³-hybridized carbons (Fsp3) is 0.250. The molecule has 0 bridgehead atoms. The van der Waals surface area contributed by atoms with Crippen molar-refractivity contribution in [1.29, 1.82) is 0 Å². The van der Waals surface area contributed by atoms with Gasteiger partial charge in [0.25, 0.3) is 0 Å². The van der Waals surface area contributed by atoms with E-state index in [2.05, 4.69) is 33.0 Å². The summed E-state index contributed by atoms with van der Waals surface area (Å²) in [6, 6.07) is 18.0. The quantitative estimate of drug-likeness (QED) is 0.910. The van der Waals surface area contributed by atoms with Gasteiger partial charge in [0.1, 0.15) is 0 Å². The Kier molecular flexibility index (Phi) is 5.14. The molecule has 0 amide bonds. The van der Waals surface area contributed by atoms with Crippen LogP contribution in [0.4, 0.5) is 0 Å². The molecule has 0 aliphatic heterocycles. The number of rotatable bonds is 5. The van der Waals surface area contributed by atoms with Crippen LogP contribution in [-0.4, -0.2) is 23.6 Å². The van der Waals surface area contributed by atoms with Crippen molar-refractivity contribution < 1.29 is 5.11 Å². The van der Waals surface area contributed by atoms with E-state index >= 15 is 0 Å². The molecule has 0 aromatic heterocycles. The normalized spacial score (nSPS) is 12.6. The van der Waals surface area contributed by atoms with Gasteiger partial charge in [0.15, 0.2) is 0 Å². The molecule has 0 heterocycles. The minimum Gasteiger partial charge on any atom is -0.387 e. The minimum atomic E-state index is -0.446. The number of benzene rings is 2. The van der Waals surface area contributed by atoms with E-state index in [1.165, 1.54) is 5.56 Å².